The van der Waals surface area contributed by atoms with Gasteiger partial charge in [0.2, 0.25) is 0 Å². The smallest absolute Gasteiger partial charge is 0.296 e. The number of azo groups is 1. The van der Waals surface area contributed by atoms with Crippen LogP contribution in [0.25, 0.3) is 0 Å². The van der Waals surface area contributed by atoms with Crippen LogP contribution in [-0.4, -0.2) is 25.1 Å². The Labute approximate surface area is 211 Å². The van der Waals surface area contributed by atoms with Crippen LogP contribution in [0.2, 0.25) is 0 Å². The SMILES string of the molecule is CCCCCCCCCCCCc1ccc(N=Nc2ccc(N(C)CCCN)cc2)c([N+](=O)[O-])c1. The molecule has 0 unspecified atom stereocenters. The van der Waals surface area contributed by atoms with Gasteiger partial charge in [-0.05, 0) is 61.7 Å². The van der Waals surface area contributed by atoms with Crippen molar-refractivity contribution in [1.82, 2.24) is 0 Å². The fourth-order valence-corrected chi connectivity index (χ4v) is 4.11. The summed E-state index contributed by atoms with van der Waals surface area (Å²) in [6, 6.07) is 13.0. The van der Waals surface area contributed by atoms with Crippen molar-refractivity contribution in [2.75, 3.05) is 25.0 Å². The molecule has 0 amide bonds. The van der Waals surface area contributed by atoms with Gasteiger partial charge < -0.3 is 10.6 Å². The highest BCUT2D eigenvalue weighted by Crippen LogP contribution is 2.31. The molecule has 192 valence electrons. The second-order valence-corrected chi connectivity index (χ2v) is 9.29. The van der Waals surface area contributed by atoms with Crippen LogP contribution in [0.4, 0.5) is 22.7 Å². The number of rotatable bonds is 18. The molecule has 0 aliphatic rings. The molecule has 0 aromatic heterocycles. The normalized spacial score (nSPS) is 11.3. The highest BCUT2D eigenvalue weighted by molar-refractivity contribution is 5.59. The number of aryl methyl sites for hydroxylation is 1. The van der Waals surface area contributed by atoms with Gasteiger partial charge in [-0.3, -0.25) is 10.1 Å². The lowest BCUT2D eigenvalue weighted by Crippen LogP contribution is -2.20. The Kier molecular flexibility index (Phi) is 13.6. The van der Waals surface area contributed by atoms with E-state index >= 15 is 0 Å². The standard InChI is InChI=1S/C28H43N5O2/c1-3-4-5-6-7-8-9-10-11-12-14-24-15-20-27(28(23-24)33(34)35)31-30-25-16-18-26(19-17-25)32(2)22-13-21-29/h15-20,23H,3-14,21-22,29H2,1-2H3. The van der Waals surface area contributed by atoms with Crippen molar-refractivity contribution in [2.24, 2.45) is 16.0 Å². The first-order valence-corrected chi connectivity index (χ1v) is 13.3. The number of benzene rings is 2. The molecular weight excluding hydrogens is 438 g/mol. The molecular formula is C28H43N5O2. The van der Waals surface area contributed by atoms with Gasteiger partial charge in [0.25, 0.3) is 5.69 Å². The van der Waals surface area contributed by atoms with E-state index in [0.29, 0.717) is 12.2 Å². The summed E-state index contributed by atoms with van der Waals surface area (Å²) in [5.41, 5.74) is 8.58. The molecule has 0 saturated heterocycles. The minimum Gasteiger partial charge on any atom is -0.375 e. The lowest BCUT2D eigenvalue weighted by atomic mass is 10.0. The molecule has 0 aliphatic heterocycles. The molecule has 35 heavy (non-hydrogen) atoms. The van der Waals surface area contributed by atoms with E-state index in [2.05, 4.69) is 22.1 Å². The summed E-state index contributed by atoms with van der Waals surface area (Å²) in [5, 5.41) is 20.0. The van der Waals surface area contributed by atoms with E-state index < -0.39 is 0 Å². The van der Waals surface area contributed by atoms with Gasteiger partial charge in [0.15, 0.2) is 5.69 Å². The number of unbranched alkanes of at least 4 members (excludes halogenated alkanes) is 9. The Balaban J connectivity index is 1.84. The largest absolute Gasteiger partial charge is 0.375 e. The summed E-state index contributed by atoms with van der Waals surface area (Å²) in [6.45, 7) is 3.79. The average Bonchev–Trinajstić information content (AvgIpc) is 2.87. The van der Waals surface area contributed by atoms with Gasteiger partial charge in [-0.1, -0.05) is 70.8 Å². The van der Waals surface area contributed by atoms with Gasteiger partial charge in [0.05, 0.1) is 10.6 Å². The Hall–Kier alpha value is -2.80. The van der Waals surface area contributed by atoms with Crippen molar-refractivity contribution >= 4 is 22.7 Å². The van der Waals surface area contributed by atoms with Crippen LogP contribution < -0.4 is 10.6 Å². The molecule has 0 atom stereocenters. The molecule has 7 heteroatoms. The van der Waals surface area contributed by atoms with E-state index in [1.165, 1.54) is 57.8 Å². The van der Waals surface area contributed by atoms with Gasteiger partial charge >= 0.3 is 0 Å². The maximum absolute atomic E-state index is 11.6. The topological polar surface area (TPSA) is 97.1 Å². The predicted molar refractivity (Wildman–Crippen MR) is 146 cm³/mol. The Morgan fingerprint density at radius 1 is 0.857 bits per heavy atom. The summed E-state index contributed by atoms with van der Waals surface area (Å²) >= 11 is 0. The van der Waals surface area contributed by atoms with Crippen LogP contribution in [0.1, 0.15) is 83.1 Å². The summed E-state index contributed by atoms with van der Waals surface area (Å²) in [5.74, 6) is 0. The van der Waals surface area contributed by atoms with Crippen molar-refractivity contribution in [3.63, 3.8) is 0 Å². The molecule has 0 heterocycles. The zero-order valence-corrected chi connectivity index (χ0v) is 21.6. The minimum absolute atomic E-state index is 0.0106. The molecule has 0 spiro atoms. The van der Waals surface area contributed by atoms with Crippen LogP contribution in [0.5, 0.6) is 0 Å². The van der Waals surface area contributed by atoms with E-state index in [1.807, 2.05) is 37.4 Å². The first-order valence-electron chi connectivity index (χ1n) is 13.3. The second-order valence-electron chi connectivity index (χ2n) is 9.29. The average molecular weight is 482 g/mol. The molecule has 0 aliphatic carbocycles. The summed E-state index contributed by atoms with van der Waals surface area (Å²) in [7, 11) is 2.02. The lowest BCUT2D eigenvalue weighted by Gasteiger charge is -2.18. The van der Waals surface area contributed by atoms with Crippen molar-refractivity contribution in [1.29, 1.82) is 0 Å². The van der Waals surface area contributed by atoms with Crippen LogP contribution in [0.3, 0.4) is 0 Å². The van der Waals surface area contributed by atoms with E-state index in [-0.39, 0.29) is 16.3 Å². The molecule has 0 bridgehead atoms. The third-order valence-electron chi connectivity index (χ3n) is 6.32. The van der Waals surface area contributed by atoms with Crippen molar-refractivity contribution in [2.45, 2.75) is 84.0 Å². The number of nitrogens with two attached hydrogens (primary N) is 1. The predicted octanol–water partition coefficient (Wildman–Crippen LogP) is 8.26. The fourth-order valence-electron chi connectivity index (χ4n) is 4.11. The number of hydrogen-bond acceptors (Lipinski definition) is 6. The minimum atomic E-state index is -0.369. The quantitative estimate of drug-likeness (QED) is 0.100. The molecule has 0 saturated carbocycles. The Morgan fingerprint density at radius 2 is 1.49 bits per heavy atom. The zero-order chi connectivity index (χ0) is 25.3. The maximum Gasteiger partial charge on any atom is 0.296 e. The fraction of sp³-hybridized carbons (Fsp3) is 0.571. The van der Waals surface area contributed by atoms with Crippen LogP contribution >= 0.6 is 0 Å². The lowest BCUT2D eigenvalue weighted by molar-refractivity contribution is -0.384. The highest BCUT2D eigenvalue weighted by Gasteiger charge is 2.14. The molecule has 2 aromatic carbocycles. The van der Waals surface area contributed by atoms with Gasteiger partial charge in [-0.15, -0.1) is 5.11 Å². The Bertz CT molecular complexity index is 899. The Morgan fingerprint density at radius 3 is 2.09 bits per heavy atom. The van der Waals surface area contributed by atoms with Crippen LogP contribution in [0, 0.1) is 10.1 Å². The van der Waals surface area contributed by atoms with Gasteiger partial charge in [0.1, 0.15) is 0 Å². The second kappa shape index (κ2) is 16.8. The highest BCUT2D eigenvalue weighted by atomic mass is 16.6. The van der Waals surface area contributed by atoms with Crippen LogP contribution in [-0.2, 0) is 6.42 Å². The molecule has 0 fully saturated rings. The third kappa shape index (κ3) is 11.0. The molecule has 2 aromatic rings. The summed E-state index contributed by atoms with van der Waals surface area (Å²) in [4.78, 5) is 13.4. The molecule has 0 radical (unpaired) electrons. The van der Waals surface area contributed by atoms with E-state index in [1.54, 1.807) is 12.1 Å². The van der Waals surface area contributed by atoms with Gasteiger partial charge in [-0.25, -0.2) is 0 Å². The first kappa shape index (κ1) is 28.4. The molecule has 2 N–H and O–H groups in total. The van der Waals surface area contributed by atoms with Crippen molar-refractivity contribution < 1.29 is 4.92 Å². The monoisotopic (exact) mass is 481 g/mol. The van der Waals surface area contributed by atoms with E-state index in [0.717, 1.165) is 37.1 Å². The number of nitrogens with zero attached hydrogens (tertiary/aromatic N) is 4. The van der Waals surface area contributed by atoms with Gasteiger partial charge in [0, 0.05) is 25.3 Å². The van der Waals surface area contributed by atoms with E-state index in [4.69, 9.17) is 5.73 Å². The molecule has 2 rings (SSSR count). The maximum atomic E-state index is 11.6. The number of nitro benzene ring substituents is 1. The number of nitro groups is 1. The van der Waals surface area contributed by atoms with Gasteiger partial charge in [-0.2, -0.15) is 5.11 Å². The summed E-state index contributed by atoms with van der Waals surface area (Å²) < 4.78 is 0. The first-order chi connectivity index (χ1) is 17.0. The molecule has 7 nitrogen and oxygen atoms in total. The number of anilines is 1. The van der Waals surface area contributed by atoms with Crippen molar-refractivity contribution in [3.05, 3.63) is 58.1 Å². The third-order valence-corrected chi connectivity index (χ3v) is 6.32. The summed E-state index contributed by atoms with van der Waals surface area (Å²) in [6.07, 6.45) is 14.6. The number of hydrogen-bond donors (Lipinski definition) is 1. The van der Waals surface area contributed by atoms with E-state index in [9.17, 15) is 10.1 Å². The van der Waals surface area contributed by atoms with Crippen LogP contribution in [0.15, 0.2) is 52.7 Å². The zero-order valence-electron chi connectivity index (χ0n) is 21.6. The van der Waals surface area contributed by atoms with Crippen molar-refractivity contribution in [3.8, 4) is 0 Å².